The largest absolute Gasteiger partial charge is 0.489 e. The third-order valence-electron chi connectivity index (χ3n) is 2.77. The number of hydrogen-bond acceptors (Lipinski definition) is 2. The Labute approximate surface area is 110 Å². The smallest absolute Gasteiger partial charge is 0.139 e. The maximum absolute atomic E-state index is 6.01. The molecule has 0 atom stereocenters. The molecular formula is C11H12Cl3NO. The summed E-state index contributed by atoms with van der Waals surface area (Å²) in [6, 6.07) is 3.82. The third kappa shape index (κ3) is 2.57. The Kier molecular flexibility index (Phi) is 3.85. The first-order chi connectivity index (χ1) is 7.60. The highest BCUT2D eigenvalue weighted by molar-refractivity contribution is 6.43. The summed E-state index contributed by atoms with van der Waals surface area (Å²) in [5.41, 5.74) is 0. The summed E-state index contributed by atoms with van der Waals surface area (Å²) in [5, 5.41) is 4.60. The molecule has 1 fully saturated rings. The van der Waals surface area contributed by atoms with Gasteiger partial charge in [0.05, 0.1) is 15.1 Å². The molecule has 1 saturated carbocycles. The maximum atomic E-state index is 6.01. The Morgan fingerprint density at radius 3 is 2.38 bits per heavy atom. The summed E-state index contributed by atoms with van der Waals surface area (Å²) in [5.74, 6) is 0.607. The molecule has 2 nitrogen and oxygen atoms in total. The van der Waals surface area contributed by atoms with E-state index in [1.807, 2.05) is 7.05 Å². The maximum Gasteiger partial charge on any atom is 0.139 e. The Balaban J connectivity index is 2.02. The fraction of sp³-hybridized carbons (Fsp3) is 0.455. The van der Waals surface area contributed by atoms with Crippen LogP contribution in [-0.2, 0) is 0 Å². The summed E-state index contributed by atoms with van der Waals surface area (Å²) in [6.07, 6.45) is 2.20. The molecule has 0 unspecified atom stereocenters. The van der Waals surface area contributed by atoms with E-state index in [9.17, 15) is 0 Å². The van der Waals surface area contributed by atoms with E-state index in [-0.39, 0.29) is 6.10 Å². The topological polar surface area (TPSA) is 21.3 Å². The van der Waals surface area contributed by atoms with Crippen LogP contribution in [0, 0.1) is 0 Å². The van der Waals surface area contributed by atoms with Crippen LogP contribution in [0.1, 0.15) is 12.8 Å². The number of benzene rings is 1. The van der Waals surface area contributed by atoms with E-state index >= 15 is 0 Å². The molecule has 0 spiro atoms. The van der Waals surface area contributed by atoms with Gasteiger partial charge in [-0.3, -0.25) is 0 Å². The normalized spacial score (nSPS) is 24.0. The zero-order valence-corrected chi connectivity index (χ0v) is 11.0. The van der Waals surface area contributed by atoms with E-state index in [1.165, 1.54) is 0 Å². The van der Waals surface area contributed by atoms with Crippen LogP contribution in [0.3, 0.4) is 0 Å². The van der Waals surface area contributed by atoms with Gasteiger partial charge < -0.3 is 10.1 Å². The number of ether oxygens (including phenoxy) is 1. The van der Waals surface area contributed by atoms with Gasteiger partial charge in [-0.15, -0.1) is 0 Å². The number of nitrogens with one attached hydrogen (secondary N) is 1. The number of rotatable bonds is 3. The second-order valence-electron chi connectivity index (χ2n) is 3.89. The van der Waals surface area contributed by atoms with Crippen LogP contribution in [0.5, 0.6) is 5.75 Å². The first kappa shape index (κ1) is 12.3. The molecule has 0 saturated heterocycles. The molecule has 16 heavy (non-hydrogen) atoms. The summed E-state index contributed by atoms with van der Waals surface area (Å²) in [4.78, 5) is 0. The van der Waals surface area contributed by atoms with Gasteiger partial charge in [-0.25, -0.2) is 0 Å². The molecule has 0 amide bonds. The fourth-order valence-electron chi connectivity index (χ4n) is 1.67. The summed E-state index contributed by atoms with van der Waals surface area (Å²) in [6.45, 7) is 0. The highest BCUT2D eigenvalue weighted by Gasteiger charge is 2.30. The Bertz CT molecular complexity index is 391. The van der Waals surface area contributed by atoms with Gasteiger partial charge in [-0.05, 0) is 26.0 Å². The summed E-state index contributed by atoms with van der Waals surface area (Å²) >= 11 is 17.8. The van der Waals surface area contributed by atoms with Gasteiger partial charge in [-0.1, -0.05) is 34.8 Å². The van der Waals surface area contributed by atoms with Crippen molar-refractivity contribution in [3.8, 4) is 5.75 Å². The molecule has 0 bridgehead atoms. The SMILES string of the molecule is CNC1CC(Oc2cc(Cl)c(Cl)cc2Cl)C1. The number of halogens is 3. The van der Waals surface area contributed by atoms with Crippen LogP contribution in [0.4, 0.5) is 0 Å². The Morgan fingerprint density at radius 1 is 1.12 bits per heavy atom. The zero-order valence-electron chi connectivity index (χ0n) is 8.77. The fourth-order valence-corrected chi connectivity index (χ4v) is 2.25. The molecule has 5 heteroatoms. The van der Waals surface area contributed by atoms with E-state index in [1.54, 1.807) is 12.1 Å². The van der Waals surface area contributed by atoms with Gasteiger partial charge in [0.25, 0.3) is 0 Å². The molecule has 88 valence electrons. The van der Waals surface area contributed by atoms with Crippen molar-refractivity contribution in [2.45, 2.75) is 25.0 Å². The predicted molar refractivity (Wildman–Crippen MR) is 68.0 cm³/mol. The molecule has 1 aliphatic carbocycles. The van der Waals surface area contributed by atoms with E-state index in [4.69, 9.17) is 39.5 Å². The molecule has 0 heterocycles. The van der Waals surface area contributed by atoms with Crippen molar-refractivity contribution >= 4 is 34.8 Å². The van der Waals surface area contributed by atoms with Crippen LogP contribution >= 0.6 is 34.8 Å². The number of hydrogen-bond donors (Lipinski definition) is 1. The van der Waals surface area contributed by atoms with Crippen LogP contribution in [-0.4, -0.2) is 19.2 Å². The van der Waals surface area contributed by atoms with E-state index in [0.717, 1.165) is 12.8 Å². The van der Waals surface area contributed by atoms with Gasteiger partial charge in [0.15, 0.2) is 0 Å². The van der Waals surface area contributed by atoms with Crippen molar-refractivity contribution in [1.29, 1.82) is 0 Å². The lowest BCUT2D eigenvalue weighted by molar-refractivity contribution is 0.0886. The summed E-state index contributed by atoms with van der Waals surface area (Å²) in [7, 11) is 1.95. The Morgan fingerprint density at radius 2 is 1.75 bits per heavy atom. The van der Waals surface area contributed by atoms with Crippen molar-refractivity contribution in [1.82, 2.24) is 5.32 Å². The minimum atomic E-state index is 0.215. The third-order valence-corrected chi connectivity index (χ3v) is 3.79. The second-order valence-corrected chi connectivity index (χ2v) is 5.12. The van der Waals surface area contributed by atoms with Crippen LogP contribution in [0.2, 0.25) is 15.1 Å². The van der Waals surface area contributed by atoms with Gasteiger partial charge in [0, 0.05) is 12.1 Å². The average molecular weight is 281 g/mol. The first-order valence-corrected chi connectivity index (χ1v) is 6.22. The first-order valence-electron chi connectivity index (χ1n) is 5.08. The molecular weight excluding hydrogens is 268 g/mol. The lowest BCUT2D eigenvalue weighted by Gasteiger charge is -2.35. The second kappa shape index (κ2) is 5.01. The van der Waals surface area contributed by atoms with Gasteiger partial charge in [-0.2, -0.15) is 0 Å². The van der Waals surface area contributed by atoms with Gasteiger partial charge >= 0.3 is 0 Å². The minimum Gasteiger partial charge on any atom is -0.489 e. The minimum absolute atomic E-state index is 0.215. The highest BCUT2D eigenvalue weighted by atomic mass is 35.5. The molecule has 1 aromatic rings. The van der Waals surface area contributed by atoms with Crippen molar-refractivity contribution in [3.63, 3.8) is 0 Å². The van der Waals surface area contributed by atoms with Crippen LogP contribution < -0.4 is 10.1 Å². The van der Waals surface area contributed by atoms with E-state index in [0.29, 0.717) is 26.9 Å². The predicted octanol–water partition coefficient (Wildman–Crippen LogP) is 3.78. The zero-order chi connectivity index (χ0) is 11.7. The van der Waals surface area contributed by atoms with Crippen LogP contribution in [0.25, 0.3) is 0 Å². The van der Waals surface area contributed by atoms with Crippen molar-refractivity contribution in [3.05, 3.63) is 27.2 Å². The standard InChI is InChI=1S/C11H12Cl3NO/c1-15-6-2-7(3-6)16-11-5-9(13)8(12)4-10(11)14/h4-7,15H,2-3H2,1H3. The lowest BCUT2D eigenvalue weighted by atomic mass is 9.89. The average Bonchev–Trinajstić information content (AvgIpc) is 2.18. The lowest BCUT2D eigenvalue weighted by Crippen LogP contribution is -2.45. The molecule has 1 aromatic carbocycles. The molecule has 1 aliphatic rings. The molecule has 1 N–H and O–H groups in total. The van der Waals surface area contributed by atoms with E-state index in [2.05, 4.69) is 5.32 Å². The molecule has 0 aliphatic heterocycles. The van der Waals surface area contributed by atoms with Crippen molar-refractivity contribution < 1.29 is 4.74 Å². The van der Waals surface area contributed by atoms with Crippen molar-refractivity contribution in [2.75, 3.05) is 7.05 Å². The van der Waals surface area contributed by atoms with Crippen molar-refractivity contribution in [2.24, 2.45) is 0 Å². The van der Waals surface area contributed by atoms with Gasteiger partial charge in [0.2, 0.25) is 0 Å². The Hall–Kier alpha value is -0.150. The quantitative estimate of drug-likeness (QED) is 0.851. The summed E-state index contributed by atoms with van der Waals surface area (Å²) < 4.78 is 5.73. The highest BCUT2D eigenvalue weighted by Crippen LogP contribution is 2.36. The molecule has 0 radical (unpaired) electrons. The van der Waals surface area contributed by atoms with Crippen LogP contribution in [0.15, 0.2) is 12.1 Å². The molecule has 0 aromatic heterocycles. The van der Waals surface area contributed by atoms with E-state index < -0.39 is 0 Å². The molecule has 2 rings (SSSR count). The monoisotopic (exact) mass is 279 g/mol. The van der Waals surface area contributed by atoms with Gasteiger partial charge in [0.1, 0.15) is 11.9 Å².